The van der Waals surface area contributed by atoms with Gasteiger partial charge in [0.1, 0.15) is 5.82 Å². The van der Waals surface area contributed by atoms with Gasteiger partial charge in [0.05, 0.1) is 6.42 Å². The van der Waals surface area contributed by atoms with Crippen molar-refractivity contribution >= 4 is 17.7 Å². The van der Waals surface area contributed by atoms with E-state index in [0.717, 1.165) is 0 Å². The van der Waals surface area contributed by atoms with Gasteiger partial charge >= 0.3 is 5.97 Å². The molecule has 1 amide bonds. The lowest BCUT2D eigenvalue weighted by molar-refractivity contribution is -0.137. The number of hydrogen-bond donors (Lipinski definition) is 3. The highest BCUT2D eigenvalue weighted by Crippen LogP contribution is 2.10. The second-order valence-corrected chi connectivity index (χ2v) is 3.64. The SMILES string of the molecule is CCC(CC(=O)O)Nc1cc(C(N)=O)ccn1. The predicted molar refractivity (Wildman–Crippen MR) is 62.7 cm³/mol. The van der Waals surface area contributed by atoms with Gasteiger partial charge in [-0.25, -0.2) is 4.98 Å². The molecule has 1 aromatic rings. The highest BCUT2D eigenvalue weighted by molar-refractivity contribution is 5.93. The van der Waals surface area contributed by atoms with Crippen LogP contribution in [0.4, 0.5) is 5.82 Å². The number of nitrogens with two attached hydrogens (primary N) is 1. The highest BCUT2D eigenvalue weighted by Gasteiger charge is 2.12. The standard InChI is InChI=1S/C11H15N3O3/c1-2-8(6-10(15)16)14-9-5-7(11(12)17)3-4-13-9/h3-5,8H,2,6H2,1H3,(H2,12,17)(H,13,14)(H,15,16). The van der Waals surface area contributed by atoms with E-state index in [9.17, 15) is 9.59 Å². The van der Waals surface area contributed by atoms with Gasteiger partial charge in [-0.3, -0.25) is 9.59 Å². The Bertz CT molecular complexity index is 420. The van der Waals surface area contributed by atoms with Crippen LogP contribution in [0.1, 0.15) is 30.1 Å². The van der Waals surface area contributed by atoms with E-state index in [0.29, 0.717) is 17.8 Å². The Morgan fingerprint density at radius 2 is 2.29 bits per heavy atom. The van der Waals surface area contributed by atoms with E-state index in [2.05, 4.69) is 10.3 Å². The molecule has 0 fully saturated rings. The molecule has 6 nitrogen and oxygen atoms in total. The summed E-state index contributed by atoms with van der Waals surface area (Å²) in [6, 6.07) is 2.79. The smallest absolute Gasteiger partial charge is 0.305 e. The van der Waals surface area contributed by atoms with Gasteiger partial charge in [0.15, 0.2) is 0 Å². The number of amides is 1. The summed E-state index contributed by atoms with van der Waals surface area (Å²) in [4.78, 5) is 25.6. The third kappa shape index (κ3) is 4.10. The number of carboxylic acid groups (broad SMARTS) is 1. The zero-order valence-corrected chi connectivity index (χ0v) is 9.51. The van der Waals surface area contributed by atoms with Gasteiger partial charge in [-0.1, -0.05) is 6.92 Å². The van der Waals surface area contributed by atoms with Crippen LogP contribution < -0.4 is 11.1 Å². The number of aliphatic carboxylic acids is 1. The minimum absolute atomic E-state index is 0.00101. The quantitative estimate of drug-likeness (QED) is 0.680. The van der Waals surface area contributed by atoms with E-state index in [1.807, 2.05) is 6.92 Å². The minimum atomic E-state index is -0.879. The number of pyridine rings is 1. The van der Waals surface area contributed by atoms with Crippen LogP contribution >= 0.6 is 0 Å². The van der Waals surface area contributed by atoms with Gasteiger partial charge < -0.3 is 16.2 Å². The van der Waals surface area contributed by atoms with Crippen molar-refractivity contribution in [1.82, 2.24) is 4.98 Å². The van der Waals surface area contributed by atoms with Gasteiger partial charge in [0, 0.05) is 17.8 Å². The van der Waals surface area contributed by atoms with E-state index in [4.69, 9.17) is 10.8 Å². The number of carbonyl (C=O) groups excluding carboxylic acids is 1. The largest absolute Gasteiger partial charge is 0.481 e. The molecule has 0 aliphatic rings. The van der Waals surface area contributed by atoms with Gasteiger partial charge in [-0.2, -0.15) is 0 Å². The Morgan fingerprint density at radius 3 is 2.82 bits per heavy atom. The Labute approximate surface area is 98.8 Å². The molecule has 0 aromatic carbocycles. The van der Waals surface area contributed by atoms with Crippen LogP contribution in [-0.4, -0.2) is 28.0 Å². The van der Waals surface area contributed by atoms with Crippen LogP contribution in [0.2, 0.25) is 0 Å². The third-order valence-electron chi connectivity index (χ3n) is 2.31. The first kappa shape index (κ1) is 13.0. The molecule has 1 atom stereocenters. The van der Waals surface area contributed by atoms with Crippen molar-refractivity contribution < 1.29 is 14.7 Å². The molecule has 92 valence electrons. The summed E-state index contributed by atoms with van der Waals surface area (Å²) in [5.41, 5.74) is 5.48. The number of carboxylic acids is 1. The van der Waals surface area contributed by atoms with Gasteiger partial charge in [-0.05, 0) is 18.6 Å². The molecular weight excluding hydrogens is 222 g/mol. The minimum Gasteiger partial charge on any atom is -0.481 e. The lowest BCUT2D eigenvalue weighted by Crippen LogP contribution is -2.23. The summed E-state index contributed by atoms with van der Waals surface area (Å²) < 4.78 is 0. The molecule has 0 saturated carbocycles. The maximum atomic E-state index is 11.0. The van der Waals surface area contributed by atoms with Crippen molar-refractivity contribution in [2.24, 2.45) is 5.73 Å². The van der Waals surface area contributed by atoms with Crippen LogP contribution in [0, 0.1) is 0 Å². The van der Waals surface area contributed by atoms with Crippen LogP contribution in [-0.2, 0) is 4.79 Å². The number of aromatic nitrogens is 1. The van der Waals surface area contributed by atoms with Crippen molar-refractivity contribution in [3.8, 4) is 0 Å². The molecule has 0 bridgehead atoms. The molecule has 0 radical (unpaired) electrons. The third-order valence-corrected chi connectivity index (χ3v) is 2.31. The lowest BCUT2D eigenvalue weighted by Gasteiger charge is -2.15. The van der Waals surface area contributed by atoms with Crippen LogP contribution in [0.15, 0.2) is 18.3 Å². The Balaban J connectivity index is 2.75. The van der Waals surface area contributed by atoms with Crippen LogP contribution in [0.5, 0.6) is 0 Å². The summed E-state index contributed by atoms with van der Waals surface area (Å²) in [6.07, 6.45) is 2.10. The maximum Gasteiger partial charge on any atom is 0.305 e. The molecule has 17 heavy (non-hydrogen) atoms. The van der Waals surface area contributed by atoms with Crippen LogP contribution in [0.3, 0.4) is 0 Å². The maximum absolute atomic E-state index is 11.0. The number of rotatable bonds is 6. The lowest BCUT2D eigenvalue weighted by atomic mass is 10.1. The fourth-order valence-electron chi connectivity index (χ4n) is 1.38. The molecule has 0 saturated heterocycles. The van der Waals surface area contributed by atoms with Gasteiger partial charge in [0.25, 0.3) is 0 Å². The average Bonchev–Trinajstić information content (AvgIpc) is 2.28. The zero-order valence-electron chi connectivity index (χ0n) is 9.51. The zero-order chi connectivity index (χ0) is 12.8. The number of nitrogens with one attached hydrogen (secondary N) is 1. The van der Waals surface area contributed by atoms with E-state index in [-0.39, 0.29) is 12.5 Å². The monoisotopic (exact) mass is 237 g/mol. The first-order valence-electron chi connectivity index (χ1n) is 5.27. The summed E-state index contributed by atoms with van der Waals surface area (Å²) >= 11 is 0. The molecule has 6 heteroatoms. The van der Waals surface area contributed by atoms with E-state index in [1.165, 1.54) is 18.3 Å². The Kier molecular flexibility index (Phi) is 4.45. The Hall–Kier alpha value is -2.11. The molecule has 4 N–H and O–H groups in total. The topological polar surface area (TPSA) is 105 Å². The molecular formula is C11H15N3O3. The highest BCUT2D eigenvalue weighted by atomic mass is 16.4. The summed E-state index contributed by atoms with van der Waals surface area (Å²) in [7, 11) is 0. The number of primary amides is 1. The second-order valence-electron chi connectivity index (χ2n) is 3.64. The van der Waals surface area contributed by atoms with Crippen LogP contribution in [0.25, 0.3) is 0 Å². The summed E-state index contributed by atoms with van der Waals surface area (Å²) in [5, 5.41) is 11.7. The summed E-state index contributed by atoms with van der Waals surface area (Å²) in [6.45, 7) is 1.87. The average molecular weight is 237 g/mol. The summed E-state index contributed by atoms with van der Waals surface area (Å²) in [5.74, 6) is -0.966. The molecule has 0 spiro atoms. The van der Waals surface area contributed by atoms with Gasteiger partial charge in [0.2, 0.25) is 5.91 Å². The normalized spacial score (nSPS) is 11.8. The molecule has 1 heterocycles. The number of anilines is 1. The van der Waals surface area contributed by atoms with E-state index < -0.39 is 11.9 Å². The molecule has 1 aromatic heterocycles. The molecule has 0 aliphatic carbocycles. The van der Waals surface area contributed by atoms with E-state index >= 15 is 0 Å². The van der Waals surface area contributed by atoms with Gasteiger partial charge in [-0.15, -0.1) is 0 Å². The van der Waals surface area contributed by atoms with Crippen molar-refractivity contribution in [2.75, 3.05) is 5.32 Å². The molecule has 0 aliphatic heterocycles. The van der Waals surface area contributed by atoms with Crippen molar-refractivity contribution in [3.05, 3.63) is 23.9 Å². The molecule has 1 unspecified atom stereocenters. The number of carbonyl (C=O) groups is 2. The van der Waals surface area contributed by atoms with Crippen molar-refractivity contribution in [1.29, 1.82) is 0 Å². The first-order chi connectivity index (χ1) is 8.02. The predicted octanol–water partition coefficient (Wildman–Crippen LogP) is 0.846. The number of nitrogens with zero attached hydrogens (tertiary/aromatic N) is 1. The number of hydrogen-bond acceptors (Lipinski definition) is 4. The second kappa shape index (κ2) is 5.83. The van der Waals surface area contributed by atoms with Crippen molar-refractivity contribution in [3.63, 3.8) is 0 Å². The van der Waals surface area contributed by atoms with Crippen molar-refractivity contribution in [2.45, 2.75) is 25.8 Å². The fraction of sp³-hybridized carbons (Fsp3) is 0.364. The fourth-order valence-corrected chi connectivity index (χ4v) is 1.38. The Morgan fingerprint density at radius 1 is 1.59 bits per heavy atom. The first-order valence-corrected chi connectivity index (χ1v) is 5.27. The van der Waals surface area contributed by atoms with E-state index in [1.54, 1.807) is 0 Å². The molecule has 1 rings (SSSR count).